The van der Waals surface area contributed by atoms with E-state index < -0.39 is 35.3 Å². The minimum Gasteiger partial charge on any atom is -0.460 e. The van der Waals surface area contributed by atoms with Crippen molar-refractivity contribution in [2.24, 2.45) is 0 Å². The molecule has 0 spiro atoms. The second kappa shape index (κ2) is 32.0. The van der Waals surface area contributed by atoms with E-state index in [0.29, 0.717) is 44.9 Å². The van der Waals surface area contributed by atoms with Crippen molar-refractivity contribution in [3.05, 3.63) is 59.7 Å². The number of aliphatic hydroxyl groups is 1. The van der Waals surface area contributed by atoms with Gasteiger partial charge in [0.1, 0.15) is 30.1 Å². The van der Waals surface area contributed by atoms with Gasteiger partial charge in [0, 0.05) is 38.8 Å². The Morgan fingerprint density at radius 2 is 1.08 bits per heavy atom. The van der Waals surface area contributed by atoms with E-state index in [9.17, 15) is 28.8 Å². The second-order valence-electron chi connectivity index (χ2n) is 19.3. The molecule has 0 fully saturated rings. The van der Waals surface area contributed by atoms with Gasteiger partial charge in [-0.05, 0) is 102 Å². The first-order chi connectivity index (χ1) is 31.6. The van der Waals surface area contributed by atoms with Gasteiger partial charge in [-0.15, -0.1) is 0 Å². The number of unbranched alkanes of at least 4 members (excludes halogenated alkanes) is 14. The van der Waals surface area contributed by atoms with Crippen LogP contribution in [0.4, 0.5) is 4.79 Å². The number of amides is 3. The van der Waals surface area contributed by atoms with Gasteiger partial charge in [-0.25, -0.2) is 9.59 Å². The lowest BCUT2D eigenvalue weighted by Crippen LogP contribution is -2.44. The average molecular weight is 922 g/mol. The number of aldehydes is 1. The number of carbonyl (C=O) groups excluding carboxylic acids is 6. The topological polar surface area (TPSA) is 186 Å². The quantitative estimate of drug-likeness (QED) is 0.0245. The van der Waals surface area contributed by atoms with E-state index in [4.69, 9.17) is 19.3 Å². The van der Waals surface area contributed by atoms with Crippen LogP contribution in [0.1, 0.15) is 193 Å². The van der Waals surface area contributed by atoms with Crippen molar-refractivity contribution in [1.82, 2.24) is 16.0 Å². The number of hydrogen-bond acceptors (Lipinski definition) is 10. The minimum absolute atomic E-state index is 0.0296. The molecule has 0 aliphatic heterocycles. The maximum atomic E-state index is 13.0. The molecule has 0 radical (unpaired) electrons. The van der Waals surface area contributed by atoms with Gasteiger partial charge in [-0.1, -0.05) is 126 Å². The fourth-order valence-corrected chi connectivity index (χ4v) is 8.00. The Morgan fingerprint density at radius 1 is 0.591 bits per heavy atom. The van der Waals surface area contributed by atoms with Crippen molar-refractivity contribution < 1.29 is 48.1 Å². The minimum atomic E-state index is -0.932. The predicted octanol–water partition coefficient (Wildman–Crippen LogP) is 10.2. The number of ether oxygens (including phenoxy) is 3. The van der Waals surface area contributed by atoms with Crippen molar-refractivity contribution in [2.75, 3.05) is 20.3 Å². The number of esters is 2. The molecule has 370 valence electrons. The van der Waals surface area contributed by atoms with Crippen molar-refractivity contribution in [3.63, 3.8) is 0 Å². The first-order valence-corrected chi connectivity index (χ1v) is 24.6. The van der Waals surface area contributed by atoms with Crippen LogP contribution in [-0.4, -0.2) is 84.8 Å². The standard InChI is InChI=1S/C52H79N3O9.CH4O/c1-51(2,3)63-48(59)33-20-18-16-14-12-10-8-7-9-11-13-15-17-19-32-47(58)55-45(49(60)64-52(4,5)6)34-35-46(57)53-36-26-25-27-39(37-56)54-50(61)62-38-44-42-30-23-21-28-40(42)41-29-22-24-31-43(41)44;1-2/h21-24,28-31,37,39,44-45H,7-20,25-27,32-36,38H2,1-6H3,(H,53,57)(H,54,61)(H,55,58);2H,1H3/t39-,45-;/m0./s1. The average Bonchev–Trinajstić information content (AvgIpc) is 3.59. The van der Waals surface area contributed by atoms with Crippen molar-refractivity contribution in [1.29, 1.82) is 0 Å². The number of alkyl carbamates (subject to hydrolysis) is 1. The predicted molar refractivity (Wildman–Crippen MR) is 260 cm³/mol. The van der Waals surface area contributed by atoms with E-state index >= 15 is 0 Å². The maximum Gasteiger partial charge on any atom is 0.407 e. The lowest BCUT2D eigenvalue weighted by Gasteiger charge is -2.24. The van der Waals surface area contributed by atoms with Crippen molar-refractivity contribution >= 4 is 36.1 Å². The van der Waals surface area contributed by atoms with Crippen LogP contribution < -0.4 is 16.0 Å². The Kier molecular flexibility index (Phi) is 27.8. The van der Waals surface area contributed by atoms with E-state index in [-0.39, 0.29) is 43.2 Å². The van der Waals surface area contributed by atoms with E-state index in [2.05, 4.69) is 28.1 Å². The number of hydrogen-bond donors (Lipinski definition) is 4. The molecule has 0 bridgehead atoms. The SMILES string of the molecule is CC(C)(C)OC(=O)CCCCCCCCCCCCCCCCC(=O)N[C@@H](CCC(=O)NCCCC[C@@H](C=O)NC(=O)OCC1c2ccccc2-c2ccccc21)C(=O)OC(C)(C)C.CO. The molecule has 1 aliphatic carbocycles. The Bertz CT molecular complexity index is 1710. The molecule has 0 heterocycles. The van der Waals surface area contributed by atoms with Gasteiger partial charge in [0.05, 0.1) is 6.04 Å². The first kappa shape index (κ1) is 57.3. The molecule has 4 N–H and O–H groups in total. The molecule has 2 atom stereocenters. The van der Waals surface area contributed by atoms with Crippen LogP contribution in [0.2, 0.25) is 0 Å². The summed E-state index contributed by atoms with van der Waals surface area (Å²) in [4.78, 5) is 74.8. The molecule has 0 unspecified atom stereocenters. The largest absolute Gasteiger partial charge is 0.460 e. The summed E-state index contributed by atoms with van der Waals surface area (Å²) in [6, 6.07) is 14.5. The highest BCUT2D eigenvalue weighted by Gasteiger charge is 2.30. The smallest absolute Gasteiger partial charge is 0.407 e. The molecule has 13 nitrogen and oxygen atoms in total. The highest BCUT2D eigenvalue weighted by Crippen LogP contribution is 2.44. The highest BCUT2D eigenvalue weighted by molar-refractivity contribution is 5.85. The molecular weight excluding hydrogens is 839 g/mol. The molecule has 0 aromatic heterocycles. The first-order valence-electron chi connectivity index (χ1n) is 24.6. The van der Waals surface area contributed by atoms with Gasteiger partial charge >= 0.3 is 18.0 Å². The number of carbonyl (C=O) groups is 6. The van der Waals surface area contributed by atoms with Crippen LogP contribution >= 0.6 is 0 Å². The van der Waals surface area contributed by atoms with Crippen molar-refractivity contribution in [2.45, 2.75) is 206 Å². The Labute approximate surface area is 395 Å². The van der Waals surface area contributed by atoms with Crippen LogP contribution in [0.3, 0.4) is 0 Å². The van der Waals surface area contributed by atoms with Gasteiger partial charge < -0.3 is 40.1 Å². The molecule has 0 saturated heterocycles. The summed E-state index contributed by atoms with van der Waals surface area (Å²) >= 11 is 0. The third-order valence-corrected chi connectivity index (χ3v) is 11.2. The van der Waals surface area contributed by atoms with E-state index in [1.165, 1.54) is 51.4 Å². The van der Waals surface area contributed by atoms with Gasteiger partial charge in [0.25, 0.3) is 0 Å². The van der Waals surface area contributed by atoms with Gasteiger partial charge in [0.2, 0.25) is 11.8 Å². The van der Waals surface area contributed by atoms with Gasteiger partial charge in [-0.2, -0.15) is 0 Å². The van der Waals surface area contributed by atoms with Gasteiger partial charge in [0.15, 0.2) is 0 Å². The zero-order chi connectivity index (χ0) is 48.8. The lowest BCUT2D eigenvalue weighted by molar-refractivity contribution is -0.159. The summed E-state index contributed by atoms with van der Waals surface area (Å²) < 4.78 is 16.5. The fourth-order valence-electron chi connectivity index (χ4n) is 8.00. The van der Waals surface area contributed by atoms with Crippen LogP contribution in [0.25, 0.3) is 11.1 Å². The second-order valence-corrected chi connectivity index (χ2v) is 19.3. The molecular formula is C53H83N3O10. The van der Waals surface area contributed by atoms with E-state index in [1.54, 1.807) is 20.8 Å². The molecule has 3 amide bonds. The fraction of sp³-hybridized carbons (Fsp3) is 0.660. The summed E-state index contributed by atoms with van der Waals surface area (Å²) in [5.41, 5.74) is 3.33. The number of fused-ring (bicyclic) bond motifs is 3. The third kappa shape index (κ3) is 24.7. The van der Waals surface area contributed by atoms with E-state index in [1.807, 2.05) is 57.2 Å². The summed E-state index contributed by atoms with van der Waals surface area (Å²) in [5.74, 6) is -1.22. The highest BCUT2D eigenvalue weighted by atomic mass is 16.6. The monoisotopic (exact) mass is 922 g/mol. The van der Waals surface area contributed by atoms with Crippen molar-refractivity contribution in [3.8, 4) is 11.1 Å². The lowest BCUT2D eigenvalue weighted by atomic mass is 9.98. The number of benzene rings is 2. The van der Waals surface area contributed by atoms with Crippen LogP contribution in [0.15, 0.2) is 48.5 Å². The van der Waals surface area contributed by atoms with Crippen LogP contribution in [0.5, 0.6) is 0 Å². The molecule has 3 rings (SSSR count). The molecule has 2 aromatic rings. The van der Waals surface area contributed by atoms with Crippen LogP contribution in [-0.2, 0) is 38.2 Å². The number of aliphatic hydroxyl groups excluding tert-OH is 1. The van der Waals surface area contributed by atoms with Gasteiger partial charge in [-0.3, -0.25) is 14.4 Å². The van der Waals surface area contributed by atoms with E-state index in [0.717, 1.165) is 67.9 Å². The third-order valence-electron chi connectivity index (χ3n) is 11.2. The summed E-state index contributed by atoms with van der Waals surface area (Å²) in [6.07, 6.45) is 18.2. The zero-order valence-corrected chi connectivity index (χ0v) is 41.3. The summed E-state index contributed by atoms with van der Waals surface area (Å²) in [7, 11) is 1.00. The normalized spacial score (nSPS) is 12.9. The summed E-state index contributed by atoms with van der Waals surface area (Å²) in [5, 5.41) is 15.3. The Hall–Kier alpha value is -4.78. The molecule has 0 saturated carbocycles. The Balaban J connectivity index is 0.00000737. The number of rotatable bonds is 31. The number of nitrogens with one attached hydrogen (secondary N) is 3. The summed E-state index contributed by atoms with van der Waals surface area (Å²) in [6.45, 7) is 11.5. The molecule has 2 aromatic carbocycles. The maximum absolute atomic E-state index is 13.0. The zero-order valence-electron chi connectivity index (χ0n) is 41.3. The van der Waals surface area contributed by atoms with Crippen LogP contribution in [0, 0.1) is 0 Å². The Morgan fingerprint density at radius 3 is 1.58 bits per heavy atom. The molecule has 1 aliphatic rings. The molecule has 66 heavy (non-hydrogen) atoms. The molecule has 13 heteroatoms.